The quantitative estimate of drug-likeness (QED) is 0.372. The second-order valence-electron chi connectivity index (χ2n) is 8.14. The average molecular weight is 461 g/mol. The number of nitrogens with zero attached hydrogens (tertiary/aromatic N) is 1. The second-order valence-corrected chi connectivity index (χ2v) is 9.06. The number of hydrazone groups is 1. The van der Waals surface area contributed by atoms with E-state index < -0.39 is 0 Å². The first-order valence-corrected chi connectivity index (χ1v) is 10.9. The van der Waals surface area contributed by atoms with Crippen LogP contribution in [0.1, 0.15) is 41.2 Å². The Hall–Kier alpha value is -2.72. The largest absolute Gasteiger partial charge is 0.273 e. The predicted octanol–water partition coefficient (Wildman–Crippen LogP) is 5.91. The van der Waals surface area contributed by atoms with Crippen molar-refractivity contribution in [3.8, 4) is 0 Å². The molecule has 1 atom stereocenters. The number of nitrogens with one attached hydrogen (secondary N) is 1. The van der Waals surface area contributed by atoms with Gasteiger partial charge in [0.15, 0.2) is 0 Å². The molecule has 3 aromatic rings. The maximum Gasteiger partial charge on any atom is 0.244 e. The summed E-state index contributed by atoms with van der Waals surface area (Å²) >= 11 is 3.48. The molecular formula is C26H25BrN2O. The molecule has 0 radical (unpaired) electrons. The third-order valence-electron chi connectivity index (χ3n) is 5.99. The first-order chi connectivity index (χ1) is 14.4. The van der Waals surface area contributed by atoms with Crippen molar-refractivity contribution < 1.29 is 4.79 Å². The van der Waals surface area contributed by atoms with Crippen molar-refractivity contribution in [3.05, 3.63) is 105 Å². The Morgan fingerprint density at radius 3 is 2.07 bits per heavy atom. The standard InChI is InChI=1S/C26H25BrN2O/c1-17-7-11-21(12-8-17)26(22-13-9-18(2)10-14-22)16-24(26)25(30)29-28-19(3)20-5-4-6-23(27)15-20/h4-15,24H,16H2,1-3H3,(H,29,30)/b28-19+. The molecule has 0 aromatic heterocycles. The minimum absolute atomic E-state index is 0.0366. The Labute approximate surface area is 186 Å². The van der Waals surface area contributed by atoms with Crippen molar-refractivity contribution >= 4 is 27.5 Å². The van der Waals surface area contributed by atoms with Crippen LogP contribution in [0.15, 0.2) is 82.4 Å². The molecule has 1 aliphatic rings. The lowest BCUT2D eigenvalue weighted by molar-refractivity contribution is -0.122. The molecule has 1 fully saturated rings. The SMILES string of the molecule is C/C(=N\NC(=O)C1CC1(c1ccc(C)cc1)c1ccc(C)cc1)c1cccc(Br)c1. The van der Waals surface area contributed by atoms with Gasteiger partial charge in [0.05, 0.1) is 11.6 Å². The van der Waals surface area contributed by atoms with Gasteiger partial charge in [-0.3, -0.25) is 4.79 Å². The van der Waals surface area contributed by atoms with Crippen LogP contribution in [0.4, 0.5) is 0 Å². The highest BCUT2D eigenvalue weighted by Gasteiger charge is 2.60. The van der Waals surface area contributed by atoms with E-state index in [4.69, 9.17) is 0 Å². The zero-order chi connectivity index (χ0) is 21.3. The van der Waals surface area contributed by atoms with E-state index >= 15 is 0 Å². The molecule has 0 saturated heterocycles. The van der Waals surface area contributed by atoms with Crippen LogP contribution in [0.3, 0.4) is 0 Å². The Kier molecular flexibility index (Phi) is 5.61. The normalized spacial score (nSPS) is 17.5. The van der Waals surface area contributed by atoms with Crippen LogP contribution in [-0.4, -0.2) is 11.6 Å². The topological polar surface area (TPSA) is 41.5 Å². The molecule has 1 aliphatic carbocycles. The molecule has 4 heteroatoms. The van der Waals surface area contributed by atoms with E-state index in [1.54, 1.807) is 0 Å². The van der Waals surface area contributed by atoms with Gasteiger partial charge in [-0.1, -0.05) is 87.7 Å². The first kappa shape index (κ1) is 20.5. The summed E-state index contributed by atoms with van der Waals surface area (Å²) in [6, 6.07) is 25.0. The molecule has 1 unspecified atom stereocenters. The number of rotatable bonds is 5. The van der Waals surface area contributed by atoms with Crippen LogP contribution in [0.5, 0.6) is 0 Å². The molecule has 1 N–H and O–H groups in total. The van der Waals surface area contributed by atoms with Gasteiger partial charge in [-0.2, -0.15) is 5.10 Å². The molecular weight excluding hydrogens is 436 g/mol. The van der Waals surface area contributed by atoms with Gasteiger partial charge in [0.25, 0.3) is 0 Å². The van der Waals surface area contributed by atoms with E-state index in [9.17, 15) is 4.79 Å². The van der Waals surface area contributed by atoms with E-state index in [1.165, 1.54) is 22.3 Å². The lowest BCUT2D eigenvalue weighted by atomic mass is 9.85. The lowest BCUT2D eigenvalue weighted by Gasteiger charge is -2.19. The van der Waals surface area contributed by atoms with E-state index in [1.807, 2.05) is 31.2 Å². The summed E-state index contributed by atoms with van der Waals surface area (Å²) in [4.78, 5) is 13.1. The van der Waals surface area contributed by atoms with Gasteiger partial charge in [-0.15, -0.1) is 0 Å². The molecule has 0 bridgehead atoms. The zero-order valence-corrected chi connectivity index (χ0v) is 19.0. The summed E-state index contributed by atoms with van der Waals surface area (Å²) in [5.41, 5.74) is 9.08. The maximum atomic E-state index is 13.1. The van der Waals surface area contributed by atoms with E-state index in [-0.39, 0.29) is 17.2 Å². The van der Waals surface area contributed by atoms with Crippen molar-refractivity contribution in [2.24, 2.45) is 11.0 Å². The van der Waals surface area contributed by atoms with Gasteiger partial charge < -0.3 is 0 Å². The second kappa shape index (κ2) is 8.19. The summed E-state index contributed by atoms with van der Waals surface area (Å²) < 4.78 is 0.987. The zero-order valence-electron chi connectivity index (χ0n) is 17.4. The third kappa shape index (κ3) is 3.97. The summed E-state index contributed by atoms with van der Waals surface area (Å²) in [5.74, 6) is -0.174. The Morgan fingerprint density at radius 2 is 1.53 bits per heavy atom. The molecule has 0 heterocycles. The van der Waals surface area contributed by atoms with Crippen LogP contribution in [-0.2, 0) is 10.2 Å². The van der Waals surface area contributed by atoms with Crippen LogP contribution >= 0.6 is 15.9 Å². The van der Waals surface area contributed by atoms with Gasteiger partial charge in [-0.05, 0) is 56.0 Å². The van der Waals surface area contributed by atoms with Gasteiger partial charge >= 0.3 is 0 Å². The number of benzene rings is 3. The fraction of sp³-hybridized carbons (Fsp3) is 0.231. The Balaban J connectivity index is 1.60. The number of halogens is 1. The van der Waals surface area contributed by atoms with Crippen molar-refractivity contribution in [3.63, 3.8) is 0 Å². The lowest BCUT2D eigenvalue weighted by Crippen LogP contribution is -2.26. The monoisotopic (exact) mass is 460 g/mol. The van der Waals surface area contributed by atoms with Crippen molar-refractivity contribution in [2.75, 3.05) is 0 Å². The summed E-state index contributed by atoms with van der Waals surface area (Å²) in [5, 5.41) is 4.37. The smallest absolute Gasteiger partial charge is 0.244 e. The molecule has 30 heavy (non-hydrogen) atoms. The number of amides is 1. The third-order valence-corrected chi connectivity index (χ3v) is 6.48. The minimum Gasteiger partial charge on any atom is -0.273 e. The molecule has 1 saturated carbocycles. The first-order valence-electron chi connectivity index (χ1n) is 10.1. The predicted molar refractivity (Wildman–Crippen MR) is 126 cm³/mol. The highest BCUT2D eigenvalue weighted by Crippen LogP contribution is 2.59. The minimum atomic E-state index is -0.287. The van der Waals surface area contributed by atoms with Crippen LogP contribution in [0.25, 0.3) is 0 Å². The number of hydrogen-bond acceptors (Lipinski definition) is 2. The highest BCUT2D eigenvalue weighted by molar-refractivity contribution is 9.10. The fourth-order valence-corrected chi connectivity index (χ4v) is 4.48. The Morgan fingerprint density at radius 1 is 0.967 bits per heavy atom. The van der Waals surface area contributed by atoms with Gasteiger partial charge in [0, 0.05) is 9.89 Å². The van der Waals surface area contributed by atoms with E-state index in [2.05, 4.69) is 88.8 Å². The van der Waals surface area contributed by atoms with E-state index in [0.717, 1.165) is 22.2 Å². The van der Waals surface area contributed by atoms with Crippen molar-refractivity contribution in [1.29, 1.82) is 0 Å². The molecule has 1 amide bonds. The fourth-order valence-electron chi connectivity index (χ4n) is 4.08. The number of carbonyl (C=O) groups is 1. The van der Waals surface area contributed by atoms with E-state index in [0.29, 0.717) is 0 Å². The van der Waals surface area contributed by atoms with Crippen LogP contribution < -0.4 is 5.43 Å². The van der Waals surface area contributed by atoms with Crippen molar-refractivity contribution in [2.45, 2.75) is 32.6 Å². The van der Waals surface area contributed by atoms with Gasteiger partial charge in [0.1, 0.15) is 0 Å². The molecule has 3 nitrogen and oxygen atoms in total. The number of aryl methyl sites for hydroxylation is 2. The van der Waals surface area contributed by atoms with Crippen LogP contribution in [0, 0.1) is 19.8 Å². The molecule has 4 rings (SSSR count). The summed E-state index contributed by atoms with van der Waals surface area (Å²) in [6.45, 7) is 6.07. The van der Waals surface area contributed by atoms with Crippen LogP contribution in [0.2, 0.25) is 0 Å². The highest BCUT2D eigenvalue weighted by atomic mass is 79.9. The maximum absolute atomic E-state index is 13.1. The summed E-state index contributed by atoms with van der Waals surface area (Å²) in [7, 11) is 0. The molecule has 0 spiro atoms. The molecule has 152 valence electrons. The summed E-state index contributed by atoms with van der Waals surface area (Å²) in [6.07, 6.45) is 0.788. The Bertz CT molecular complexity index is 1060. The molecule has 0 aliphatic heterocycles. The number of hydrogen-bond donors (Lipinski definition) is 1. The molecule has 3 aromatic carbocycles. The average Bonchev–Trinajstić information content (AvgIpc) is 3.49. The van der Waals surface area contributed by atoms with Gasteiger partial charge in [0.2, 0.25) is 5.91 Å². The van der Waals surface area contributed by atoms with Gasteiger partial charge in [-0.25, -0.2) is 5.43 Å². The van der Waals surface area contributed by atoms with Crippen molar-refractivity contribution in [1.82, 2.24) is 5.43 Å². The number of carbonyl (C=O) groups excluding carboxylic acids is 1.